The maximum Gasteiger partial charge on any atom is 0.300 e. The highest BCUT2D eigenvalue weighted by Crippen LogP contribution is 2.30. The van der Waals surface area contributed by atoms with Gasteiger partial charge in [0.2, 0.25) is 0 Å². The van der Waals surface area contributed by atoms with Crippen molar-refractivity contribution >= 4 is 34.9 Å². The molecular weight excluding hydrogens is 564 g/mol. The quantitative estimate of drug-likeness (QED) is 0.284. The van der Waals surface area contributed by atoms with E-state index in [1.165, 1.54) is 18.6 Å². The summed E-state index contributed by atoms with van der Waals surface area (Å²) < 4.78 is 30.0. The van der Waals surface area contributed by atoms with E-state index in [0.717, 1.165) is 52.2 Å². The van der Waals surface area contributed by atoms with Crippen molar-refractivity contribution in [1.82, 2.24) is 19.5 Å². The second kappa shape index (κ2) is 18.3. The summed E-state index contributed by atoms with van der Waals surface area (Å²) in [7, 11) is 0. The van der Waals surface area contributed by atoms with Crippen LogP contribution in [-0.4, -0.2) is 62.2 Å². The number of fused-ring (bicyclic) bond motifs is 1. The Morgan fingerprint density at radius 3 is 2.02 bits per heavy atom. The number of aromatic nitrogens is 3. The lowest BCUT2D eigenvalue weighted by Gasteiger charge is -2.29. The Labute approximate surface area is 253 Å². The molecule has 11 heteroatoms. The van der Waals surface area contributed by atoms with Gasteiger partial charge in [0.25, 0.3) is 11.9 Å². The van der Waals surface area contributed by atoms with Gasteiger partial charge in [-0.2, -0.15) is 9.61 Å². The number of carboxylic acid groups (broad SMARTS) is 1. The van der Waals surface area contributed by atoms with E-state index in [1.807, 2.05) is 18.7 Å². The molecule has 1 aliphatic rings. The van der Waals surface area contributed by atoms with Crippen molar-refractivity contribution in [2.75, 3.05) is 24.5 Å². The summed E-state index contributed by atoms with van der Waals surface area (Å²) in [5.41, 5.74) is 1.41. The second-order valence-electron chi connectivity index (χ2n) is 9.92. The molecular formula is C31H46ClF2N5O3. The molecule has 0 bridgehead atoms. The van der Waals surface area contributed by atoms with Gasteiger partial charge >= 0.3 is 0 Å². The normalized spacial score (nSPS) is 12.4. The van der Waals surface area contributed by atoms with E-state index in [0.29, 0.717) is 22.9 Å². The Hall–Kier alpha value is -3.27. The molecule has 0 radical (unpaired) electrons. The van der Waals surface area contributed by atoms with Gasteiger partial charge < -0.3 is 14.9 Å². The van der Waals surface area contributed by atoms with Gasteiger partial charge in [-0.25, -0.2) is 13.8 Å². The Kier molecular flexibility index (Phi) is 16.0. The van der Waals surface area contributed by atoms with Crippen LogP contribution in [-0.2, 0) is 4.79 Å². The molecule has 4 rings (SSSR count). The molecule has 0 aliphatic carbocycles. The van der Waals surface area contributed by atoms with Gasteiger partial charge in [-0.1, -0.05) is 52.6 Å². The average Bonchev–Trinajstić information content (AvgIpc) is 3.39. The first kappa shape index (κ1) is 36.8. The lowest BCUT2D eigenvalue weighted by molar-refractivity contribution is -0.134. The summed E-state index contributed by atoms with van der Waals surface area (Å²) in [4.78, 5) is 30.6. The first-order chi connectivity index (χ1) is 19.9. The number of amides is 1. The molecule has 234 valence electrons. The Morgan fingerprint density at radius 1 is 1.02 bits per heavy atom. The lowest BCUT2D eigenvalue weighted by atomic mass is 10.1. The fourth-order valence-electron chi connectivity index (χ4n) is 4.26. The number of carbonyl (C=O) groups is 2. The van der Waals surface area contributed by atoms with Crippen LogP contribution in [0.25, 0.3) is 16.9 Å². The van der Waals surface area contributed by atoms with Crippen LogP contribution in [0, 0.1) is 11.6 Å². The highest BCUT2D eigenvalue weighted by atomic mass is 35.5. The molecule has 0 saturated carbocycles. The standard InChI is InChI=1S/C24H28ClF2N5O.C3H8.C2H4O2.C2H6/c1-4-8-31(15(2)3)22-14-19(16-11-17(26)23(25)18(27)12-16)28-21-13-20(29-32(21)22)24(33)30-9-6-5-7-10-30;1-3-2;1-2(3)4;1-2/h11-15H,4-10H2,1-3H3;3H2,1-2H3;1H3,(H,3,4);1-2H3. The van der Waals surface area contributed by atoms with E-state index in [2.05, 4.69) is 49.6 Å². The van der Waals surface area contributed by atoms with Gasteiger partial charge in [0.1, 0.15) is 22.5 Å². The number of hydrogen-bond donors (Lipinski definition) is 1. The largest absolute Gasteiger partial charge is 0.481 e. The number of likely N-dealkylation sites (tertiary alicyclic amines) is 1. The lowest BCUT2D eigenvalue weighted by Crippen LogP contribution is -2.36. The molecule has 8 nitrogen and oxygen atoms in total. The fourth-order valence-corrected chi connectivity index (χ4v) is 4.37. The third kappa shape index (κ3) is 10.2. The Balaban J connectivity index is 0.000000873. The molecule has 0 atom stereocenters. The van der Waals surface area contributed by atoms with Gasteiger partial charge in [0.15, 0.2) is 11.3 Å². The summed E-state index contributed by atoms with van der Waals surface area (Å²) in [6, 6.07) is 5.88. The number of aliphatic carboxylic acids is 1. The number of hydrogen-bond acceptors (Lipinski definition) is 5. The number of nitrogens with zero attached hydrogens (tertiary/aromatic N) is 5. The molecule has 3 aromatic rings. The summed E-state index contributed by atoms with van der Waals surface area (Å²) in [6.07, 6.45) is 5.23. The van der Waals surface area contributed by atoms with Crippen LogP contribution in [0.4, 0.5) is 14.6 Å². The smallest absolute Gasteiger partial charge is 0.300 e. The zero-order valence-electron chi connectivity index (χ0n) is 26.2. The van der Waals surface area contributed by atoms with Crippen molar-refractivity contribution in [2.24, 2.45) is 0 Å². The summed E-state index contributed by atoms with van der Waals surface area (Å²) in [5, 5.41) is 11.5. The van der Waals surface area contributed by atoms with Crippen LogP contribution in [0.2, 0.25) is 5.02 Å². The van der Waals surface area contributed by atoms with E-state index in [1.54, 1.807) is 16.6 Å². The number of halogens is 3. The van der Waals surface area contributed by atoms with Crippen molar-refractivity contribution in [2.45, 2.75) is 93.5 Å². The third-order valence-corrected chi connectivity index (χ3v) is 6.29. The van der Waals surface area contributed by atoms with E-state index < -0.39 is 22.6 Å². The number of piperidine rings is 1. The predicted molar refractivity (Wildman–Crippen MR) is 166 cm³/mol. The summed E-state index contributed by atoms with van der Waals surface area (Å²) in [5.74, 6) is -1.94. The molecule has 1 saturated heterocycles. The van der Waals surface area contributed by atoms with E-state index in [4.69, 9.17) is 21.5 Å². The zero-order valence-corrected chi connectivity index (χ0v) is 26.9. The third-order valence-electron chi connectivity index (χ3n) is 5.93. The van der Waals surface area contributed by atoms with Crippen molar-refractivity contribution in [3.63, 3.8) is 0 Å². The molecule has 2 aromatic heterocycles. The van der Waals surface area contributed by atoms with Crippen molar-refractivity contribution < 1.29 is 23.5 Å². The number of anilines is 1. The van der Waals surface area contributed by atoms with Crippen molar-refractivity contribution in [3.8, 4) is 11.3 Å². The number of carboxylic acids is 1. The Bertz CT molecular complexity index is 1270. The van der Waals surface area contributed by atoms with Gasteiger partial charge in [-0.15, -0.1) is 0 Å². The molecule has 0 unspecified atom stereocenters. The van der Waals surface area contributed by atoms with Crippen molar-refractivity contribution in [1.29, 1.82) is 0 Å². The minimum Gasteiger partial charge on any atom is -0.481 e. The van der Waals surface area contributed by atoms with E-state index in [9.17, 15) is 13.6 Å². The van der Waals surface area contributed by atoms with Gasteiger partial charge in [-0.3, -0.25) is 9.59 Å². The van der Waals surface area contributed by atoms with Crippen LogP contribution in [0.15, 0.2) is 24.3 Å². The average molecular weight is 610 g/mol. The minimum absolute atomic E-state index is 0.122. The summed E-state index contributed by atoms with van der Waals surface area (Å²) in [6.45, 7) is 17.7. The van der Waals surface area contributed by atoms with Crippen LogP contribution in [0.1, 0.15) is 98.0 Å². The van der Waals surface area contributed by atoms with Crippen molar-refractivity contribution in [3.05, 3.63) is 46.6 Å². The number of benzene rings is 1. The van der Waals surface area contributed by atoms with Crippen LogP contribution >= 0.6 is 11.6 Å². The maximum atomic E-state index is 14.2. The monoisotopic (exact) mass is 609 g/mol. The molecule has 1 amide bonds. The highest BCUT2D eigenvalue weighted by Gasteiger charge is 2.24. The minimum atomic E-state index is -0.848. The Morgan fingerprint density at radius 2 is 1.55 bits per heavy atom. The zero-order chi connectivity index (χ0) is 32.0. The molecule has 1 fully saturated rings. The van der Waals surface area contributed by atoms with Gasteiger partial charge in [-0.05, 0) is 51.7 Å². The fraction of sp³-hybridized carbons (Fsp3) is 0.548. The van der Waals surface area contributed by atoms with Crippen LogP contribution in [0.3, 0.4) is 0 Å². The molecule has 1 aliphatic heterocycles. The van der Waals surface area contributed by atoms with Crippen LogP contribution < -0.4 is 4.90 Å². The number of carbonyl (C=O) groups excluding carboxylic acids is 1. The first-order valence-electron chi connectivity index (χ1n) is 14.8. The highest BCUT2D eigenvalue weighted by molar-refractivity contribution is 6.31. The molecule has 1 N–H and O–H groups in total. The molecule has 3 heterocycles. The second-order valence-corrected chi connectivity index (χ2v) is 10.3. The SMILES string of the molecule is CC.CC(=O)O.CCC.CCCN(c1cc(-c2cc(F)c(Cl)c(F)c2)nc2cc(C(=O)N3CCCCC3)nn12)C(C)C. The molecule has 1 aromatic carbocycles. The predicted octanol–water partition coefficient (Wildman–Crippen LogP) is 8.11. The van der Waals surface area contributed by atoms with E-state index >= 15 is 0 Å². The maximum absolute atomic E-state index is 14.2. The van der Waals surface area contributed by atoms with Crippen LogP contribution in [0.5, 0.6) is 0 Å². The van der Waals surface area contributed by atoms with E-state index in [-0.39, 0.29) is 17.5 Å². The topological polar surface area (TPSA) is 91.0 Å². The van der Waals surface area contributed by atoms with Gasteiger partial charge in [0.05, 0.1) is 5.69 Å². The summed E-state index contributed by atoms with van der Waals surface area (Å²) >= 11 is 5.67. The first-order valence-corrected chi connectivity index (χ1v) is 15.1. The molecule has 0 spiro atoms. The van der Waals surface area contributed by atoms with Gasteiger partial charge in [0, 0.05) is 50.3 Å². The number of rotatable bonds is 6. The molecule has 42 heavy (non-hydrogen) atoms.